The average Bonchev–Trinajstić information content (AvgIpc) is 1.87. The van der Waals surface area contributed by atoms with E-state index in [-0.39, 0.29) is 11.5 Å². The number of hydrogen-bond acceptors (Lipinski definition) is 2. The van der Waals surface area contributed by atoms with E-state index in [0.717, 1.165) is 12.8 Å². The highest BCUT2D eigenvalue weighted by molar-refractivity contribution is 5.93. The first-order valence-electron chi connectivity index (χ1n) is 3.99. The van der Waals surface area contributed by atoms with Crippen molar-refractivity contribution >= 4 is 5.78 Å². The molecule has 0 aromatic rings. The van der Waals surface area contributed by atoms with E-state index < -0.39 is 0 Å². The summed E-state index contributed by atoms with van der Waals surface area (Å²) in [5, 5.41) is 9.07. The minimum absolute atomic E-state index is 0.0153. The largest absolute Gasteiger partial charge is 0.512 e. The van der Waals surface area contributed by atoms with Gasteiger partial charge in [-0.2, -0.15) is 0 Å². The zero-order valence-electron chi connectivity index (χ0n) is 7.48. The van der Waals surface area contributed by atoms with E-state index >= 15 is 0 Å². The van der Waals surface area contributed by atoms with Crippen molar-refractivity contribution in [1.82, 2.24) is 0 Å². The summed E-state index contributed by atoms with van der Waals surface area (Å²) in [6.07, 6.45) is 2.71. The number of aliphatic hydroxyl groups is 1. The molecule has 0 saturated heterocycles. The van der Waals surface area contributed by atoms with Crippen LogP contribution in [0.3, 0.4) is 0 Å². The molecule has 0 amide bonds. The molecule has 0 fully saturated rings. The highest BCUT2D eigenvalue weighted by Crippen LogP contribution is 2.11. The van der Waals surface area contributed by atoms with Crippen molar-refractivity contribution in [3.8, 4) is 0 Å². The van der Waals surface area contributed by atoms with Gasteiger partial charge in [0.25, 0.3) is 0 Å². The van der Waals surface area contributed by atoms with Crippen molar-refractivity contribution in [2.24, 2.45) is 0 Å². The first-order valence-corrected chi connectivity index (χ1v) is 3.99. The predicted octanol–water partition coefficient (Wildman–Crippen LogP) is 2.60. The highest BCUT2D eigenvalue weighted by Gasteiger charge is 2.06. The smallest absolute Gasteiger partial charge is 0.159 e. The Morgan fingerprint density at radius 1 is 1.36 bits per heavy atom. The molecule has 0 bridgehead atoms. The summed E-state index contributed by atoms with van der Waals surface area (Å²) in [4.78, 5) is 10.9. The molecule has 0 aromatic carbocycles. The van der Waals surface area contributed by atoms with Crippen LogP contribution in [-0.4, -0.2) is 10.9 Å². The number of Topliss-reactive ketones (excluding diaryl/α,β-unsaturated/α-hetero) is 1. The summed E-state index contributed by atoms with van der Waals surface area (Å²) in [6.45, 7) is 5.11. The number of ketones is 1. The van der Waals surface area contributed by atoms with Crippen LogP contribution in [0.15, 0.2) is 11.3 Å². The summed E-state index contributed by atoms with van der Waals surface area (Å²) in [5.41, 5.74) is 0.576. The Hall–Kier alpha value is -0.790. The fraction of sp³-hybridized carbons (Fsp3) is 0.667. The lowest BCUT2D eigenvalue weighted by Gasteiger charge is -2.02. The van der Waals surface area contributed by atoms with Crippen LogP contribution < -0.4 is 0 Å². The van der Waals surface area contributed by atoms with E-state index in [9.17, 15) is 4.79 Å². The Balaban J connectivity index is 4.14. The lowest BCUT2D eigenvalue weighted by atomic mass is 10.0. The summed E-state index contributed by atoms with van der Waals surface area (Å²) >= 11 is 0. The molecule has 1 N–H and O–H groups in total. The third kappa shape index (κ3) is 3.81. The molecule has 0 unspecified atom stereocenters. The Morgan fingerprint density at radius 3 is 2.18 bits per heavy atom. The number of unbranched alkanes of at least 4 members (excludes halogenated alkanes) is 1. The Kier molecular flexibility index (Phi) is 4.59. The van der Waals surface area contributed by atoms with E-state index in [1.165, 1.54) is 6.92 Å². The maximum absolute atomic E-state index is 10.9. The minimum atomic E-state index is -0.0153. The predicted molar refractivity (Wildman–Crippen MR) is 45.5 cm³/mol. The molecule has 2 nitrogen and oxygen atoms in total. The second kappa shape index (κ2) is 4.94. The molecule has 64 valence electrons. The number of aliphatic hydroxyl groups excluding tert-OH is 1. The van der Waals surface area contributed by atoms with Gasteiger partial charge in [0.1, 0.15) is 0 Å². The van der Waals surface area contributed by atoms with Crippen LogP contribution >= 0.6 is 0 Å². The third-order valence-corrected chi connectivity index (χ3v) is 1.64. The monoisotopic (exact) mass is 156 g/mol. The summed E-state index contributed by atoms with van der Waals surface area (Å²) in [5.74, 6) is 0.157. The SMILES string of the molecule is CCCC/C(C(C)=O)=C(/C)O. The molecule has 0 aliphatic heterocycles. The fourth-order valence-corrected chi connectivity index (χ4v) is 0.965. The minimum Gasteiger partial charge on any atom is -0.512 e. The molecule has 0 heterocycles. The standard InChI is InChI=1S/C9H16O2/c1-4-5-6-9(7(2)10)8(3)11/h10H,4-6H2,1-3H3/b9-7+. The van der Waals surface area contributed by atoms with E-state index in [2.05, 4.69) is 6.92 Å². The molecule has 0 aliphatic rings. The third-order valence-electron chi connectivity index (χ3n) is 1.64. The van der Waals surface area contributed by atoms with Gasteiger partial charge >= 0.3 is 0 Å². The lowest BCUT2D eigenvalue weighted by molar-refractivity contribution is -0.113. The van der Waals surface area contributed by atoms with Crippen LogP contribution in [0.5, 0.6) is 0 Å². The fourth-order valence-electron chi connectivity index (χ4n) is 0.965. The molecule has 2 heteroatoms. The maximum atomic E-state index is 10.9. The van der Waals surface area contributed by atoms with Crippen LogP contribution in [0.4, 0.5) is 0 Å². The highest BCUT2D eigenvalue weighted by atomic mass is 16.3. The number of hydrogen-bond donors (Lipinski definition) is 1. The van der Waals surface area contributed by atoms with Crippen molar-refractivity contribution in [2.45, 2.75) is 40.0 Å². The molecule has 0 atom stereocenters. The topological polar surface area (TPSA) is 37.3 Å². The molecule has 0 aliphatic carbocycles. The maximum Gasteiger partial charge on any atom is 0.159 e. The second-order valence-corrected chi connectivity index (χ2v) is 2.72. The van der Waals surface area contributed by atoms with Crippen LogP contribution in [0.25, 0.3) is 0 Å². The Labute approximate surface area is 67.9 Å². The molecule has 0 rings (SSSR count). The van der Waals surface area contributed by atoms with E-state index in [4.69, 9.17) is 5.11 Å². The number of carbonyl (C=O) groups excluding carboxylic acids is 1. The van der Waals surface area contributed by atoms with E-state index in [1.807, 2.05) is 0 Å². The quantitative estimate of drug-likeness (QED) is 0.501. The van der Waals surface area contributed by atoms with Gasteiger partial charge in [-0.05, 0) is 26.7 Å². The molecule has 0 aromatic heterocycles. The zero-order valence-corrected chi connectivity index (χ0v) is 7.48. The van der Waals surface area contributed by atoms with E-state index in [1.54, 1.807) is 6.92 Å². The van der Waals surface area contributed by atoms with Gasteiger partial charge in [0, 0.05) is 5.57 Å². The zero-order chi connectivity index (χ0) is 8.85. The molecule has 0 spiro atoms. The van der Waals surface area contributed by atoms with E-state index in [0.29, 0.717) is 12.0 Å². The summed E-state index contributed by atoms with van der Waals surface area (Å²) < 4.78 is 0. The number of carbonyl (C=O) groups is 1. The molecule has 11 heavy (non-hydrogen) atoms. The van der Waals surface area contributed by atoms with Crippen molar-refractivity contribution < 1.29 is 9.90 Å². The Bertz CT molecular complexity index is 164. The van der Waals surface area contributed by atoms with Crippen LogP contribution in [0.2, 0.25) is 0 Å². The Morgan fingerprint density at radius 2 is 1.91 bits per heavy atom. The number of allylic oxidation sites excluding steroid dienone is 2. The van der Waals surface area contributed by atoms with Crippen molar-refractivity contribution in [3.05, 3.63) is 11.3 Å². The van der Waals surface area contributed by atoms with Gasteiger partial charge < -0.3 is 5.11 Å². The van der Waals surface area contributed by atoms with Crippen molar-refractivity contribution in [3.63, 3.8) is 0 Å². The van der Waals surface area contributed by atoms with Gasteiger partial charge in [0.2, 0.25) is 0 Å². The molecular formula is C9H16O2. The van der Waals surface area contributed by atoms with Gasteiger partial charge in [0.15, 0.2) is 5.78 Å². The van der Waals surface area contributed by atoms with Crippen LogP contribution in [0, 0.1) is 0 Å². The first kappa shape index (κ1) is 10.2. The van der Waals surface area contributed by atoms with Gasteiger partial charge in [-0.15, -0.1) is 0 Å². The second-order valence-electron chi connectivity index (χ2n) is 2.72. The molecule has 0 saturated carbocycles. The summed E-state index contributed by atoms with van der Waals surface area (Å²) in [7, 11) is 0. The summed E-state index contributed by atoms with van der Waals surface area (Å²) in [6, 6.07) is 0. The van der Waals surface area contributed by atoms with Gasteiger partial charge in [-0.3, -0.25) is 4.79 Å². The van der Waals surface area contributed by atoms with Gasteiger partial charge in [0.05, 0.1) is 5.76 Å². The normalized spacial score (nSPS) is 12.6. The van der Waals surface area contributed by atoms with Crippen LogP contribution in [0.1, 0.15) is 40.0 Å². The van der Waals surface area contributed by atoms with Crippen LogP contribution in [-0.2, 0) is 4.79 Å². The van der Waals surface area contributed by atoms with Crippen molar-refractivity contribution in [1.29, 1.82) is 0 Å². The average molecular weight is 156 g/mol. The first-order chi connectivity index (χ1) is 5.09. The molecular weight excluding hydrogens is 140 g/mol. The van der Waals surface area contributed by atoms with Gasteiger partial charge in [-0.1, -0.05) is 13.3 Å². The molecule has 0 radical (unpaired) electrons. The number of rotatable bonds is 4. The van der Waals surface area contributed by atoms with Gasteiger partial charge in [-0.25, -0.2) is 0 Å². The van der Waals surface area contributed by atoms with Crippen molar-refractivity contribution in [2.75, 3.05) is 0 Å². The lowest BCUT2D eigenvalue weighted by Crippen LogP contribution is -1.99.